The van der Waals surface area contributed by atoms with Gasteiger partial charge in [-0.05, 0) is 6.07 Å². The van der Waals surface area contributed by atoms with E-state index in [9.17, 15) is 0 Å². The Morgan fingerprint density at radius 2 is 2.38 bits per heavy atom. The number of rotatable bonds is 2. The molecule has 64 valence electrons. The lowest BCUT2D eigenvalue weighted by atomic mass is 10.3. The van der Waals surface area contributed by atoms with Crippen molar-refractivity contribution in [3.05, 3.63) is 41.7 Å². The lowest BCUT2D eigenvalue weighted by Gasteiger charge is -1.87. The molecule has 2 rings (SSSR count). The number of aromatic nitrogens is 2. The Bertz CT molecular complexity index is 381. The Hall–Kier alpha value is -1.55. The summed E-state index contributed by atoms with van der Waals surface area (Å²) in [6.07, 6.45) is 6.99. The molecule has 2 aromatic heterocycles. The highest BCUT2D eigenvalue weighted by Gasteiger charge is 1.88. The molecule has 0 aliphatic heterocycles. The highest BCUT2D eigenvalue weighted by Crippen LogP contribution is 2.13. The first kappa shape index (κ1) is 8.07. The fourth-order valence-electron chi connectivity index (χ4n) is 0.862. The van der Waals surface area contributed by atoms with E-state index in [1.54, 1.807) is 24.8 Å². The van der Waals surface area contributed by atoms with Crippen molar-refractivity contribution in [1.82, 2.24) is 9.97 Å². The third-order valence-corrected chi connectivity index (χ3v) is 2.11. The van der Waals surface area contributed by atoms with Crippen LogP contribution in [0.4, 0.5) is 5.13 Å². The number of pyridine rings is 1. The second-order valence-electron chi connectivity index (χ2n) is 2.36. The van der Waals surface area contributed by atoms with E-state index in [1.807, 2.05) is 17.5 Å². The van der Waals surface area contributed by atoms with Gasteiger partial charge in [-0.25, -0.2) is 9.98 Å². The maximum atomic E-state index is 4.18. The minimum Gasteiger partial charge on any atom is -0.264 e. The van der Waals surface area contributed by atoms with E-state index in [1.165, 1.54) is 11.3 Å². The molecule has 0 unspecified atom stereocenters. The van der Waals surface area contributed by atoms with E-state index in [-0.39, 0.29) is 0 Å². The zero-order valence-electron chi connectivity index (χ0n) is 6.79. The molecule has 13 heavy (non-hydrogen) atoms. The summed E-state index contributed by atoms with van der Waals surface area (Å²) < 4.78 is 0. The van der Waals surface area contributed by atoms with Crippen molar-refractivity contribution >= 4 is 22.7 Å². The zero-order chi connectivity index (χ0) is 8.93. The highest BCUT2D eigenvalue weighted by molar-refractivity contribution is 7.13. The van der Waals surface area contributed by atoms with Gasteiger partial charge in [-0.3, -0.25) is 4.98 Å². The predicted octanol–water partition coefficient (Wildman–Crippen LogP) is 2.29. The quantitative estimate of drug-likeness (QED) is 0.680. The van der Waals surface area contributed by atoms with Gasteiger partial charge in [-0.15, -0.1) is 11.3 Å². The van der Waals surface area contributed by atoms with E-state index in [4.69, 9.17) is 0 Å². The van der Waals surface area contributed by atoms with E-state index in [2.05, 4.69) is 15.0 Å². The number of hydrogen-bond acceptors (Lipinski definition) is 4. The van der Waals surface area contributed by atoms with Crippen LogP contribution in [0, 0.1) is 0 Å². The molecule has 3 nitrogen and oxygen atoms in total. The van der Waals surface area contributed by atoms with Gasteiger partial charge >= 0.3 is 0 Å². The van der Waals surface area contributed by atoms with Gasteiger partial charge in [-0.1, -0.05) is 6.07 Å². The first-order valence-electron chi connectivity index (χ1n) is 3.79. The average molecular weight is 189 g/mol. The van der Waals surface area contributed by atoms with Crippen LogP contribution in [0.15, 0.2) is 41.1 Å². The normalized spacial score (nSPS) is 10.8. The van der Waals surface area contributed by atoms with Gasteiger partial charge in [0, 0.05) is 35.7 Å². The maximum Gasteiger partial charge on any atom is 0.208 e. The minimum atomic E-state index is 0.767. The molecule has 0 atom stereocenters. The number of nitrogens with zero attached hydrogens (tertiary/aromatic N) is 3. The van der Waals surface area contributed by atoms with Crippen molar-refractivity contribution in [3.63, 3.8) is 0 Å². The summed E-state index contributed by atoms with van der Waals surface area (Å²) >= 11 is 1.51. The summed E-state index contributed by atoms with van der Waals surface area (Å²) in [6, 6.07) is 3.83. The molecule has 0 amide bonds. The van der Waals surface area contributed by atoms with Gasteiger partial charge < -0.3 is 0 Å². The van der Waals surface area contributed by atoms with Gasteiger partial charge in [-0.2, -0.15) is 0 Å². The molecule has 0 aliphatic rings. The van der Waals surface area contributed by atoms with Crippen LogP contribution in [0.3, 0.4) is 0 Å². The fraction of sp³-hybridized carbons (Fsp3) is 0. The molecule has 0 aromatic carbocycles. The summed E-state index contributed by atoms with van der Waals surface area (Å²) in [7, 11) is 0. The molecule has 0 saturated carbocycles. The lowest BCUT2D eigenvalue weighted by molar-refractivity contribution is 1.31. The summed E-state index contributed by atoms with van der Waals surface area (Å²) in [4.78, 5) is 12.2. The summed E-state index contributed by atoms with van der Waals surface area (Å²) in [5, 5.41) is 2.67. The molecule has 0 radical (unpaired) electrons. The molecule has 2 aromatic rings. The fourth-order valence-corrected chi connectivity index (χ4v) is 1.34. The van der Waals surface area contributed by atoms with E-state index >= 15 is 0 Å². The van der Waals surface area contributed by atoms with E-state index < -0.39 is 0 Å². The monoisotopic (exact) mass is 189 g/mol. The largest absolute Gasteiger partial charge is 0.264 e. The van der Waals surface area contributed by atoms with Crippen LogP contribution in [-0.2, 0) is 0 Å². The van der Waals surface area contributed by atoms with E-state index in [0.29, 0.717) is 0 Å². The van der Waals surface area contributed by atoms with Crippen molar-refractivity contribution in [2.24, 2.45) is 4.99 Å². The molecule has 0 spiro atoms. The van der Waals surface area contributed by atoms with Crippen molar-refractivity contribution < 1.29 is 0 Å². The summed E-state index contributed by atoms with van der Waals surface area (Å²) in [5.41, 5.74) is 0.984. The van der Waals surface area contributed by atoms with Gasteiger partial charge in [0.15, 0.2) is 0 Å². The second-order valence-corrected chi connectivity index (χ2v) is 3.23. The SMILES string of the molecule is C(=Nc1nccs1)c1cccnc1. The van der Waals surface area contributed by atoms with Crippen molar-refractivity contribution in [2.75, 3.05) is 0 Å². The Morgan fingerprint density at radius 3 is 3.08 bits per heavy atom. The van der Waals surface area contributed by atoms with Crippen LogP contribution in [0.5, 0.6) is 0 Å². The minimum absolute atomic E-state index is 0.767. The molecule has 4 heteroatoms. The first-order valence-corrected chi connectivity index (χ1v) is 4.67. The summed E-state index contributed by atoms with van der Waals surface area (Å²) in [5.74, 6) is 0. The van der Waals surface area contributed by atoms with Crippen LogP contribution in [0.2, 0.25) is 0 Å². The molecule has 0 fully saturated rings. The highest BCUT2D eigenvalue weighted by atomic mass is 32.1. The van der Waals surface area contributed by atoms with Crippen LogP contribution < -0.4 is 0 Å². The van der Waals surface area contributed by atoms with Gasteiger partial charge in [0.05, 0.1) is 0 Å². The van der Waals surface area contributed by atoms with Gasteiger partial charge in [0.25, 0.3) is 0 Å². The average Bonchev–Trinajstić information content (AvgIpc) is 2.69. The standard InChI is InChI=1S/C9H7N3S/c1-2-8(6-10-3-1)7-12-9-11-4-5-13-9/h1-7H. The molecule has 0 saturated heterocycles. The van der Waals surface area contributed by atoms with Crippen LogP contribution in [0.25, 0.3) is 0 Å². The van der Waals surface area contributed by atoms with Gasteiger partial charge in [0.2, 0.25) is 5.13 Å². The smallest absolute Gasteiger partial charge is 0.208 e. The molecule has 0 aliphatic carbocycles. The Morgan fingerprint density at radius 1 is 1.38 bits per heavy atom. The topological polar surface area (TPSA) is 38.1 Å². The van der Waals surface area contributed by atoms with Crippen molar-refractivity contribution in [2.45, 2.75) is 0 Å². The molecule has 0 N–H and O–H groups in total. The Kier molecular flexibility index (Phi) is 2.43. The van der Waals surface area contributed by atoms with Crippen molar-refractivity contribution in [3.8, 4) is 0 Å². The Labute approximate surface area is 79.8 Å². The van der Waals surface area contributed by atoms with Crippen LogP contribution in [0.1, 0.15) is 5.56 Å². The summed E-state index contributed by atoms with van der Waals surface area (Å²) in [6.45, 7) is 0. The van der Waals surface area contributed by atoms with Crippen LogP contribution >= 0.6 is 11.3 Å². The number of aliphatic imine (C=N–C) groups is 1. The molecule has 2 heterocycles. The second kappa shape index (κ2) is 3.91. The van der Waals surface area contributed by atoms with Crippen molar-refractivity contribution in [1.29, 1.82) is 0 Å². The molecular formula is C9H7N3S. The van der Waals surface area contributed by atoms with Gasteiger partial charge in [0.1, 0.15) is 0 Å². The Balaban J connectivity index is 2.15. The molecular weight excluding hydrogens is 182 g/mol. The predicted molar refractivity (Wildman–Crippen MR) is 53.6 cm³/mol. The maximum absolute atomic E-state index is 4.18. The lowest BCUT2D eigenvalue weighted by Crippen LogP contribution is -1.80. The molecule has 0 bridgehead atoms. The van der Waals surface area contributed by atoms with Crippen LogP contribution in [-0.4, -0.2) is 16.2 Å². The number of hydrogen-bond donors (Lipinski definition) is 0. The third kappa shape index (κ3) is 2.19. The third-order valence-electron chi connectivity index (χ3n) is 1.43. The number of thiazole rings is 1. The first-order chi connectivity index (χ1) is 6.45. The zero-order valence-corrected chi connectivity index (χ0v) is 7.61. The van der Waals surface area contributed by atoms with E-state index in [0.717, 1.165) is 10.7 Å².